The first-order valence-electron chi connectivity index (χ1n) is 7.02. The molecule has 2 aromatic rings. The molecule has 0 aromatic heterocycles. The summed E-state index contributed by atoms with van der Waals surface area (Å²) < 4.78 is 5.61. The van der Waals surface area contributed by atoms with Gasteiger partial charge in [0.2, 0.25) is 0 Å². The molecule has 2 rings (SSSR count). The molecule has 0 saturated heterocycles. The number of alkyl halides is 1. The third-order valence-electron chi connectivity index (χ3n) is 2.98. The second-order valence-electron chi connectivity index (χ2n) is 4.77. The molecule has 0 radical (unpaired) electrons. The van der Waals surface area contributed by atoms with E-state index in [1.165, 1.54) is 0 Å². The fraction of sp³-hybridized carbons (Fsp3) is 0.222. The second-order valence-corrected chi connectivity index (χ2v) is 5.70. The van der Waals surface area contributed by atoms with E-state index in [-0.39, 0.29) is 5.56 Å². The Kier molecular flexibility index (Phi) is 6.16. The quantitative estimate of drug-likeness (QED) is 0.451. The van der Waals surface area contributed by atoms with E-state index in [1.807, 2.05) is 60.7 Å². The van der Waals surface area contributed by atoms with Gasteiger partial charge in [0.1, 0.15) is 5.75 Å². The van der Waals surface area contributed by atoms with Crippen molar-refractivity contribution >= 4 is 35.4 Å². The fourth-order valence-electron chi connectivity index (χ4n) is 1.89. The second kappa shape index (κ2) is 8.11. The largest absolute Gasteiger partial charge is 0.475 e. The minimum atomic E-state index is -0.261. The van der Waals surface area contributed by atoms with E-state index in [2.05, 4.69) is 6.92 Å². The van der Waals surface area contributed by atoms with Crippen LogP contribution < -0.4 is 4.74 Å². The highest BCUT2D eigenvalue weighted by atomic mass is 35.5. The van der Waals surface area contributed by atoms with Gasteiger partial charge in [0.05, 0.1) is 0 Å². The number of hydrogen-bond acceptors (Lipinski definition) is 1. The van der Waals surface area contributed by atoms with E-state index in [0.717, 1.165) is 34.7 Å². The highest BCUT2D eigenvalue weighted by Gasteiger charge is 2.04. The maximum atomic E-state index is 6.06. The Balaban J connectivity index is 1.99. The third kappa shape index (κ3) is 5.45. The summed E-state index contributed by atoms with van der Waals surface area (Å²) in [6.07, 6.45) is 5.93. The van der Waals surface area contributed by atoms with Crippen molar-refractivity contribution in [1.29, 1.82) is 0 Å². The molecule has 0 aliphatic rings. The SMILES string of the molecule is CCCC(Cl)Oc1ccc(/C=C/c2cccc(Cl)c2)cc1. The number of rotatable bonds is 6. The van der Waals surface area contributed by atoms with Crippen molar-refractivity contribution in [2.45, 2.75) is 25.3 Å². The highest BCUT2D eigenvalue weighted by Crippen LogP contribution is 2.19. The van der Waals surface area contributed by atoms with Crippen LogP contribution in [0.1, 0.15) is 30.9 Å². The molecule has 21 heavy (non-hydrogen) atoms. The Morgan fingerprint density at radius 2 is 1.76 bits per heavy atom. The molecule has 0 amide bonds. The van der Waals surface area contributed by atoms with Crippen LogP contribution in [0, 0.1) is 0 Å². The van der Waals surface area contributed by atoms with Crippen molar-refractivity contribution < 1.29 is 4.74 Å². The Morgan fingerprint density at radius 3 is 2.43 bits per heavy atom. The molecule has 0 N–H and O–H groups in total. The smallest absolute Gasteiger partial charge is 0.172 e. The lowest BCUT2D eigenvalue weighted by Crippen LogP contribution is -2.07. The van der Waals surface area contributed by atoms with Gasteiger partial charge >= 0.3 is 0 Å². The number of ether oxygens (including phenoxy) is 1. The van der Waals surface area contributed by atoms with Crippen molar-refractivity contribution in [3.63, 3.8) is 0 Å². The van der Waals surface area contributed by atoms with Crippen LogP contribution in [0.25, 0.3) is 12.2 Å². The van der Waals surface area contributed by atoms with E-state index in [1.54, 1.807) is 0 Å². The standard InChI is InChI=1S/C18H18Cl2O/c1-2-4-18(20)21-17-11-9-14(10-12-17)7-8-15-5-3-6-16(19)13-15/h3,5-13,18H,2,4H2,1H3/b8-7+. The molecule has 1 atom stereocenters. The molecule has 0 aliphatic heterocycles. The number of benzene rings is 2. The van der Waals surface area contributed by atoms with Crippen molar-refractivity contribution in [3.05, 3.63) is 64.7 Å². The van der Waals surface area contributed by atoms with E-state index >= 15 is 0 Å². The summed E-state index contributed by atoms with van der Waals surface area (Å²) >= 11 is 12.0. The Morgan fingerprint density at radius 1 is 1.05 bits per heavy atom. The molecule has 110 valence electrons. The van der Waals surface area contributed by atoms with Gasteiger partial charge in [-0.05, 0) is 41.8 Å². The van der Waals surface area contributed by atoms with Crippen molar-refractivity contribution in [1.82, 2.24) is 0 Å². The number of hydrogen-bond donors (Lipinski definition) is 0. The van der Waals surface area contributed by atoms with Crippen LogP contribution in [0.3, 0.4) is 0 Å². The normalized spacial score (nSPS) is 12.5. The Bertz CT molecular complexity index is 590. The maximum absolute atomic E-state index is 6.06. The zero-order valence-electron chi connectivity index (χ0n) is 11.9. The van der Waals surface area contributed by atoms with E-state index in [9.17, 15) is 0 Å². The molecule has 0 bridgehead atoms. The molecular weight excluding hydrogens is 303 g/mol. The van der Waals surface area contributed by atoms with Crippen LogP contribution in [0.15, 0.2) is 48.5 Å². The van der Waals surface area contributed by atoms with Crippen LogP contribution in [-0.4, -0.2) is 5.56 Å². The van der Waals surface area contributed by atoms with Crippen LogP contribution in [0.5, 0.6) is 5.75 Å². The van der Waals surface area contributed by atoms with Gasteiger partial charge in [-0.25, -0.2) is 0 Å². The summed E-state index contributed by atoms with van der Waals surface area (Å²) in [5, 5.41) is 0.741. The summed E-state index contributed by atoms with van der Waals surface area (Å²) in [6, 6.07) is 15.6. The molecule has 0 aliphatic carbocycles. The zero-order chi connectivity index (χ0) is 15.1. The average Bonchev–Trinajstić information content (AvgIpc) is 2.47. The van der Waals surface area contributed by atoms with Crippen LogP contribution >= 0.6 is 23.2 Å². The zero-order valence-corrected chi connectivity index (χ0v) is 13.4. The molecule has 3 heteroatoms. The average molecular weight is 321 g/mol. The van der Waals surface area contributed by atoms with Crippen molar-refractivity contribution in [3.8, 4) is 5.75 Å². The molecular formula is C18H18Cl2O. The molecule has 0 saturated carbocycles. The lowest BCUT2D eigenvalue weighted by molar-refractivity contribution is 0.269. The Hall–Kier alpha value is -1.44. The van der Waals surface area contributed by atoms with E-state index in [4.69, 9.17) is 27.9 Å². The molecule has 0 fully saturated rings. The number of halogens is 2. The molecule has 0 heterocycles. The summed E-state index contributed by atoms with van der Waals surface area (Å²) in [6.45, 7) is 2.09. The summed E-state index contributed by atoms with van der Waals surface area (Å²) in [4.78, 5) is 0. The topological polar surface area (TPSA) is 9.23 Å². The maximum Gasteiger partial charge on any atom is 0.172 e. The van der Waals surface area contributed by atoms with Crippen molar-refractivity contribution in [2.24, 2.45) is 0 Å². The highest BCUT2D eigenvalue weighted by molar-refractivity contribution is 6.30. The lowest BCUT2D eigenvalue weighted by Gasteiger charge is -2.11. The van der Waals surface area contributed by atoms with Gasteiger partial charge in [-0.3, -0.25) is 0 Å². The molecule has 2 aromatic carbocycles. The first-order chi connectivity index (χ1) is 10.2. The summed E-state index contributed by atoms with van der Waals surface area (Å²) in [7, 11) is 0. The molecule has 0 spiro atoms. The summed E-state index contributed by atoms with van der Waals surface area (Å²) in [5.74, 6) is 0.795. The van der Waals surface area contributed by atoms with Crippen LogP contribution in [0.4, 0.5) is 0 Å². The van der Waals surface area contributed by atoms with Gasteiger partial charge in [-0.2, -0.15) is 0 Å². The molecule has 1 nitrogen and oxygen atoms in total. The third-order valence-corrected chi connectivity index (χ3v) is 3.52. The molecule has 1 unspecified atom stereocenters. The van der Waals surface area contributed by atoms with Crippen molar-refractivity contribution in [2.75, 3.05) is 0 Å². The predicted molar refractivity (Wildman–Crippen MR) is 92.0 cm³/mol. The van der Waals surface area contributed by atoms with E-state index < -0.39 is 0 Å². The minimum absolute atomic E-state index is 0.261. The monoisotopic (exact) mass is 320 g/mol. The first-order valence-corrected chi connectivity index (χ1v) is 7.83. The summed E-state index contributed by atoms with van der Waals surface area (Å²) in [5.41, 5.74) is 1.92. The van der Waals surface area contributed by atoms with Gasteiger partial charge in [0.25, 0.3) is 0 Å². The van der Waals surface area contributed by atoms with Gasteiger partial charge < -0.3 is 4.74 Å². The van der Waals surface area contributed by atoms with Gasteiger partial charge in [-0.15, -0.1) is 0 Å². The van der Waals surface area contributed by atoms with Gasteiger partial charge in [0, 0.05) is 5.02 Å². The minimum Gasteiger partial charge on any atom is -0.475 e. The first kappa shape index (κ1) is 15.9. The van der Waals surface area contributed by atoms with Gasteiger partial charge in [-0.1, -0.05) is 73.0 Å². The van der Waals surface area contributed by atoms with Crippen LogP contribution in [-0.2, 0) is 0 Å². The van der Waals surface area contributed by atoms with Crippen LogP contribution in [0.2, 0.25) is 5.02 Å². The Labute approximate surface area is 136 Å². The van der Waals surface area contributed by atoms with Gasteiger partial charge in [0.15, 0.2) is 5.56 Å². The lowest BCUT2D eigenvalue weighted by atomic mass is 10.1. The predicted octanol–water partition coefficient (Wildman–Crippen LogP) is 6.25. The van der Waals surface area contributed by atoms with E-state index in [0.29, 0.717) is 0 Å². The fourth-order valence-corrected chi connectivity index (χ4v) is 2.41.